The molecule has 2 rings (SSSR count). The number of benzene rings is 1. The predicted molar refractivity (Wildman–Crippen MR) is 72.2 cm³/mol. The van der Waals surface area contributed by atoms with Gasteiger partial charge in [-0.1, -0.05) is 19.1 Å². The van der Waals surface area contributed by atoms with Crippen LogP contribution in [0.2, 0.25) is 0 Å². The molecule has 2 nitrogen and oxygen atoms in total. The minimum Gasteiger partial charge on any atom is -0.379 e. The zero-order valence-electron chi connectivity index (χ0n) is 9.73. The zero-order chi connectivity index (χ0) is 12.1. The van der Waals surface area contributed by atoms with Crippen molar-refractivity contribution in [2.75, 3.05) is 5.32 Å². The van der Waals surface area contributed by atoms with E-state index in [9.17, 15) is 0 Å². The van der Waals surface area contributed by atoms with Crippen molar-refractivity contribution in [3.8, 4) is 6.07 Å². The van der Waals surface area contributed by atoms with E-state index in [1.54, 1.807) is 0 Å². The zero-order valence-corrected chi connectivity index (χ0v) is 10.6. The molecule has 0 saturated heterocycles. The van der Waals surface area contributed by atoms with Gasteiger partial charge in [0.1, 0.15) is 6.07 Å². The number of nitrogens with zero attached hydrogens (tertiary/aromatic N) is 1. The maximum atomic E-state index is 8.97. The minimum absolute atomic E-state index is 0.694. The number of rotatable bonds is 4. The van der Waals surface area contributed by atoms with Crippen LogP contribution in [0.5, 0.6) is 0 Å². The highest BCUT2D eigenvalue weighted by atomic mass is 32.1. The molecule has 0 atom stereocenters. The van der Waals surface area contributed by atoms with Crippen LogP contribution in [0.15, 0.2) is 36.4 Å². The van der Waals surface area contributed by atoms with Gasteiger partial charge in [0.2, 0.25) is 0 Å². The quantitative estimate of drug-likeness (QED) is 0.885. The largest absolute Gasteiger partial charge is 0.379 e. The fraction of sp³-hybridized carbons (Fsp3) is 0.214. The lowest BCUT2D eigenvalue weighted by atomic mass is 10.2. The molecule has 1 N–H and O–H groups in total. The Morgan fingerprint density at radius 1 is 1.18 bits per heavy atom. The van der Waals surface area contributed by atoms with Crippen LogP contribution < -0.4 is 5.32 Å². The molecule has 0 saturated carbocycles. The Balaban J connectivity index is 2.05. The Kier molecular flexibility index (Phi) is 3.79. The Morgan fingerprint density at radius 3 is 2.65 bits per heavy atom. The fourth-order valence-corrected chi connectivity index (χ4v) is 2.52. The summed E-state index contributed by atoms with van der Waals surface area (Å²) in [5.74, 6) is 0. The van der Waals surface area contributed by atoms with Crippen LogP contribution in [0.1, 0.15) is 22.2 Å². The Labute approximate surface area is 106 Å². The van der Waals surface area contributed by atoms with Crippen molar-refractivity contribution < 1.29 is 0 Å². The first kappa shape index (κ1) is 11.7. The van der Waals surface area contributed by atoms with Crippen molar-refractivity contribution in [2.45, 2.75) is 19.9 Å². The Hall–Kier alpha value is -1.79. The molecule has 3 heteroatoms. The summed E-state index contributed by atoms with van der Waals surface area (Å²) in [7, 11) is 0. The van der Waals surface area contributed by atoms with Crippen LogP contribution in [-0.2, 0) is 13.0 Å². The number of hydrogen-bond acceptors (Lipinski definition) is 3. The summed E-state index contributed by atoms with van der Waals surface area (Å²) in [6, 6.07) is 14.1. The highest BCUT2D eigenvalue weighted by Crippen LogP contribution is 2.20. The van der Waals surface area contributed by atoms with Gasteiger partial charge in [0.25, 0.3) is 0 Å². The molecule has 1 heterocycles. The molecular formula is C14H14N2S. The van der Waals surface area contributed by atoms with E-state index in [0.29, 0.717) is 5.56 Å². The smallest absolute Gasteiger partial charge is 0.101 e. The van der Waals surface area contributed by atoms with Crippen LogP contribution in [0.4, 0.5) is 5.69 Å². The van der Waals surface area contributed by atoms with Crippen molar-refractivity contribution in [1.82, 2.24) is 0 Å². The highest BCUT2D eigenvalue weighted by Gasteiger charge is 2.01. The van der Waals surface area contributed by atoms with Crippen molar-refractivity contribution in [3.63, 3.8) is 0 Å². The molecule has 1 aromatic carbocycles. The van der Waals surface area contributed by atoms with Gasteiger partial charge in [0.15, 0.2) is 0 Å². The van der Waals surface area contributed by atoms with Gasteiger partial charge >= 0.3 is 0 Å². The number of nitrogens with one attached hydrogen (secondary N) is 1. The molecule has 0 aliphatic carbocycles. The van der Waals surface area contributed by atoms with Gasteiger partial charge < -0.3 is 5.32 Å². The first-order valence-corrected chi connectivity index (χ1v) is 6.45. The van der Waals surface area contributed by atoms with Gasteiger partial charge in [-0.2, -0.15) is 5.26 Å². The normalized spacial score (nSPS) is 9.88. The first-order chi connectivity index (χ1) is 8.33. The van der Waals surface area contributed by atoms with E-state index in [-0.39, 0.29) is 0 Å². The second-order valence-corrected chi connectivity index (χ2v) is 4.99. The summed E-state index contributed by atoms with van der Waals surface area (Å²) >= 11 is 1.82. The van der Waals surface area contributed by atoms with Gasteiger partial charge in [0, 0.05) is 16.3 Å². The summed E-state index contributed by atoms with van der Waals surface area (Å²) < 4.78 is 0. The molecule has 0 spiro atoms. The lowest BCUT2D eigenvalue weighted by Gasteiger charge is -2.06. The van der Waals surface area contributed by atoms with E-state index in [1.807, 2.05) is 35.6 Å². The SMILES string of the molecule is CCc1ccc(CNc2ccccc2C#N)s1. The van der Waals surface area contributed by atoms with Gasteiger partial charge in [-0.25, -0.2) is 0 Å². The molecule has 17 heavy (non-hydrogen) atoms. The van der Waals surface area contributed by atoms with E-state index in [4.69, 9.17) is 5.26 Å². The summed E-state index contributed by atoms with van der Waals surface area (Å²) in [4.78, 5) is 2.70. The van der Waals surface area contributed by atoms with Crippen LogP contribution in [0.25, 0.3) is 0 Å². The van der Waals surface area contributed by atoms with Crippen LogP contribution in [0.3, 0.4) is 0 Å². The Morgan fingerprint density at radius 2 is 1.94 bits per heavy atom. The van der Waals surface area contributed by atoms with Crippen LogP contribution >= 0.6 is 11.3 Å². The van der Waals surface area contributed by atoms with Crippen molar-refractivity contribution >= 4 is 17.0 Å². The minimum atomic E-state index is 0.694. The maximum Gasteiger partial charge on any atom is 0.101 e. The van der Waals surface area contributed by atoms with Crippen LogP contribution in [0, 0.1) is 11.3 Å². The second-order valence-electron chi connectivity index (χ2n) is 3.73. The van der Waals surface area contributed by atoms with Gasteiger partial charge in [0.05, 0.1) is 11.3 Å². The molecule has 0 unspecified atom stereocenters. The molecule has 86 valence electrons. The lowest BCUT2D eigenvalue weighted by Crippen LogP contribution is -1.99. The maximum absolute atomic E-state index is 8.97. The highest BCUT2D eigenvalue weighted by molar-refractivity contribution is 7.12. The van der Waals surface area contributed by atoms with E-state index < -0.39 is 0 Å². The monoisotopic (exact) mass is 242 g/mol. The topological polar surface area (TPSA) is 35.8 Å². The third-order valence-corrected chi connectivity index (χ3v) is 3.80. The van der Waals surface area contributed by atoms with E-state index in [2.05, 4.69) is 30.4 Å². The summed E-state index contributed by atoms with van der Waals surface area (Å²) in [5, 5.41) is 12.3. The molecular weight excluding hydrogens is 228 g/mol. The van der Waals surface area contributed by atoms with E-state index in [1.165, 1.54) is 9.75 Å². The third kappa shape index (κ3) is 2.86. The number of aryl methyl sites for hydroxylation is 1. The molecule has 0 amide bonds. The molecule has 0 fully saturated rings. The predicted octanol–water partition coefficient (Wildman–Crippen LogP) is 3.79. The average Bonchev–Trinajstić information content (AvgIpc) is 2.84. The molecule has 0 radical (unpaired) electrons. The first-order valence-electron chi connectivity index (χ1n) is 5.64. The number of para-hydroxylation sites is 1. The average molecular weight is 242 g/mol. The summed E-state index contributed by atoms with van der Waals surface area (Å²) in [5.41, 5.74) is 1.60. The number of nitriles is 1. The number of hydrogen-bond donors (Lipinski definition) is 1. The summed E-state index contributed by atoms with van der Waals surface area (Å²) in [6.45, 7) is 2.94. The molecule has 2 aromatic rings. The second kappa shape index (κ2) is 5.51. The van der Waals surface area contributed by atoms with Gasteiger partial charge in [-0.15, -0.1) is 11.3 Å². The van der Waals surface area contributed by atoms with Crippen molar-refractivity contribution in [3.05, 3.63) is 51.7 Å². The van der Waals surface area contributed by atoms with Crippen LogP contribution in [-0.4, -0.2) is 0 Å². The molecule has 0 aliphatic heterocycles. The number of anilines is 1. The fourth-order valence-electron chi connectivity index (χ4n) is 1.62. The Bertz CT molecular complexity index is 537. The lowest BCUT2D eigenvalue weighted by molar-refractivity contribution is 1.19. The van der Waals surface area contributed by atoms with Gasteiger partial charge in [-0.05, 0) is 30.7 Å². The molecule has 0 aliphatic rings. The van der Waals surface area contributed by atoms with Crippen molar-refractivity contribution in [1.29, 1.82) is 5.26 Å². The number of thiophene rings is 1. The molecule has 0 bridgehead atoms. The van der Waals surface area contributed by atoms with E-state index in [0.717, 1.165) is 18.7 Å². The van der Waals surface area contributed by atoms with Crippen molar-refractivity contribution in [2.24, 2.45) is 0 Å². The standard InChI is InChI=1S/C14H14N2S/c1-2-12-7-8-13(17-12)10-16-14-6-4-3-5-11(14)9-15/h3-8,16H,2,10H2,1H3. The van der Waals surface area contributed by atoms with Gasteiger partial charge in [-0.3, -0.25) is 0 Å². The van der Waals surface area contributed by atoms with E-state index >= 15 is 0 Å². The third-order valence-electron chi connectivity index (χ3n) is 2.57. The summed E-state index contributed by atoms with van der Waals surface area (Å²) in [6.07, 6.45) is 1.08. The molecule has 1 aromatic heterocycles.